The third kappa shape index (κ3) is 4.43. The molecule has 0 aliphatic heterocycles. The maximum absolute atomic E-state index is 11.4. The zero-order chi connectivity index (χ0) is 17.0. The van der Waals surface area contributed by atoms with Gasteiger partial charge in [-0.05, 0) is 31.5 Å². The molecule has 23 heavy (non-hydrogen) atoms. The van der Waals surface area contributed by atoms with E-state index in [4.69, 9.17) is 27.9 Å². The van der Waals surface area contributed by atoms with Crippen LogP contribution in [0.4, 0.5) is 5.13 Å². The predicted octanol–water partition coefficient (Wildman–Crippen LogP) is 4.81. The molecule has 2 rings (SSSR count). The summed E-state index contributed by atoms with van der Waals surface area (Å²) in [6, 6.07) is 3.41. The molecule has 122 valence electrons. The average Bonchev–Trinajstić information content (AvgIpc) is 2.84. The van der Waals surface area contributed by atoms with Crippen LogP contribution in [0.2, 0.25) is 10.0 Å². The molecule has 2 aromatic rings. The Balaban J connectivity index is 2.12. The van der Waals surface area contributed by atoms with Gasteiger partial charge in [-0.15, -0.1) is 0 Å². The number of aryl methyl sites for hydroxylation is 1. The summed E-state index contributed by atoms with van der Waals surface area (Å²) in [5.41, 5.74) is 4.20. The Kier molecular flexibility index (Phi) is 5.98. The summed E-state index contributed by atoms with van der Waals surface area (Å²) in [5, 5.41) is 5.48. The maximum atomic E-state index is 11.4. The van der Waals surface area contributed by atoms with Crippen LogP contribution in [-0.2, 0) is 0 Å². The van der Waals surface area contributed by atoms with Crippen molar-refractivity contribution in [3.63, 3.8) is 0 Å². The monoisotopic (exact) mass is 371 g/mol. The fourth-order valence-corrected chi connectivity index (χ4v) is 3.29. The van der Waals surface area contributed by atoms with E-state index in [2.05, 4.69) is 15.5 Å². The molecule has 0 radical (unpaired) electrons. The quantitative estimate of drug-likeness (QED) is 0.449. The topological polar surface area (TPSA) is 63.6 Å². The van der Waals surface area contributed by atoms with Gasteiger partial charge in [-0.2, -0.15) is 5.10 Å². The molecule has 0 unspecified atom stereocenters. The Morgan fingerprint density at radius 2 is 2.09 bits per heavy atom. The molecule has 5 nitrogen and oxygen atoms in total. The summed E-state index contributed by atoms with van der Waals surface area (Å²) >= 11 is 13.5. The number of benzene rings is 1. The van der Waals surface area contributed by atoms with Crippen LogP contribution in [0, 0.1) is 6.92 Å². The Bertz CT molecular complexity index is 736. The van der Waals surface area contributed by atoms with E-state index in [-0.39, 0.29) is 5.78 Å². The van der Waals surface area contributed by atoms with E-state index >= 15 is 0 Å². The van der Waals surface area contributed by atoms with Crippen molar-refractivity contribution in [1.29, 1.82) is 0 Å². The second kappa shape index (κ2) is 7.77. The second-order valence-corrected chi connectivity index (χ2v) is 6.42. The number of thiazole rings is 1. The summed E-state index contributed by atoms with van der Waals surface area (Å²) in [6.45, 7) is 5.64. The van der Waals surface area contributed by atoms with Crippen molar-refractivity contribution in [3.8, 4) is 5.75 Å². The van der Waals surface area contributed by atoms with Crippen LogP contribution in [0.15, 0.2) is 17.2 Å². The lowest BCUT2D eigenvalue weighted by Gasteiger charge is -2.08. The van der Waals surface area contributed by atoms with E-state index in [0.29, 0.717) is 38.1 Å². The SMILES string of the molecule is CCOc1c(Cl)cc(/C=N\Nc2nc(C)c(C(C)=O)s2)cc1Cl. The first-order valence-electron chi connectivity index (χ1n) is 6.81. The van der Waals surface area contributed by atoms with Crippen LogP contribution in [0.25, 0.3) is 0 Å². The number of ketones is 1. The molecule has 0 spiro atoms. The smallest absolute Gasteiger partial charge is 0.204 e. The molecule has 0 amide bonds. The van der Waals surface area contributed by atoms with Crippen LogP contribution >= 0.6 is 34.5 Å². The van der Waals surface area contributed by atoms with Crippen molar-refractivity contribution in [2.24, 2.45) is 5.10 Å². The molecule has 0 aliphatic carbocycles. The molecule has 0 saturated heterocycles. The number of nitrogens with zero attached hydrogens (tertiary/aromatic N) is 2. The molecular weight excluding hydrogens is 357 g/mol. The third-order valence-electron chi connectivity index (χ3n) is 2.80. The molecule has 1 heterocycles. The normalized spacial score (nSPS) is 11.0. The summed E-state index contributed by atoms with van der Waals surface area (Å²) in [5.74, 6) is 0.449. The van der Waals surface area contributed by atoms with E-state index in [9.17, 15) is 4.79 Å². The van der Waals surface area contributed by atoms with Gasteiger partial charge in [-0.25, -0.2) is 4.98 Å². The van der Waals surface area contributed by atoms with Gasteiger partial charge >= 0.3 is 0 Å². The van der Waals surface area contributed by atoms with Crippen LogP contribution in [0.5, 0.6) is 5.75 Å². The number of ether oxygens (including phenoxy) is 1. The number of hydrogen-bond donors (Lipinski definition) is 1. The van der Waals surface area contributed by atoms with Gasteiger partial charge in [0, 0.05) is 6.92 Å². The van der Waals surface area contributed by atoms with Crippen LogP contribution < -0.4 is 10.2 Å². The highest BCUT2D eigenvalue weighted by molar-refractivity contribution is 7.17. The van der Waals surface area contributed by atoms with E-state index in [0.717, 1.165) is 5.56 Å². The van der Waals surface area contributed by atoms with Gasteiger partial charge in [0.1, 0.15) is 0 Å². The zero-order valence-corrected chi connectivity index (χ0v) is 15.1. The first-order valence-corrected chi connectivity index (χ1v) is 8.39. The Labute approximate surface area is 148 Å². The predicted molar refractivity (Wildman–Crippen MR) is 95.7 cm³/mol. The summed E-state index contributed by atoms with van der Waals surface area (Å²) < 4.78 is 5.37. The largest absolute Gasteiger partial charge is 0.491 e. The third-order valence-corrected chi connectivity index (χ3v) is 4.52. The van der Waals surface area contributed by atoms with Gasteiger partial charge in [0.15, 0.2) is 11.5 Å². The molecular formula is C15H15Cl2N3O2S. The summed E-state index contributed by atoms with van der Waals surface area (Å²) in [7, 11) is 0. The summed E-state index contributed by atoms with van der Waals surface area (Å²) in [4.78, 5) is 16.3. The Hall–Kier alpha value is -1.63. The lowest BCUT2D eigenvalue weighted by atomic mass is 10.2. The highest BCUT2D eigenvalue weighted by atomic mass is 35.5. The average molecular weight is 372 g/mol. The standard InChI is InChI=1S/C15H15Cl2N3O2S/c1-4-22-13-11(16)5-10(6-12(13)17)7-18-20-15-19-8(2)14(23-15)9(3)21/h5-7H,4H2,1-3H3,(H,19,20)/b18-7-. The van der Waals surface area contributed by atoms with Gasteiger partial charge in [0.2, 0.25) is 5.13 Å². The van der Waals surface area contributed by atoms with Gasteiger partial charge < -0.3 is 4.74 Å². The van der Waals surface area contributed by atoms with Gasteiger partial charge in [-0.1, -0.05) is 34.5 Å². The number of hydrogen-bond acceptors (Lipinski definition) is 6. The fourth-order valence-electron chi connectivity index (χ4n) is 1.87. The number of rotatable bonds is 6. The zero-order valence-electron chi connectivity index (χ0n) is 12.8. The lowest BCUT2D eigenvalue weighted by molar-refractivity contribution is 0.102. The minimum atomic E-state index is -0.0119. The maximum Gasteiger partial charge on any atom is 0.204 e. The van der Waals surface area contributed by atoms with Crippen molar-refractivity contribution in [2.75, 3.05) is 12.0 Å². The van der Waals surface area contributed by atoms with Crippen LogP contribution in [0.1, 0.15) is 34.8 Å². The Morgan fingerprint density at radius 1 is 1.43 bits per heavy atom. The minimum absolute atomic E-state index is 0.0119. The van der Waals surface area contributed by atoms with E-state index in [1.165, 1.54) is 18.3 Å². The number of anilines is 1. The highest BCUT2D eigenvalue weighted by Crippen LogP contribution is 2.33. The van der Waals surface area contributed by atoms with Crippen LogP contribution in [0.3, 0.4) is 0 Å². The van der Waals surface area contributed by atoms with Gasteiger partial charge in [0.05, 0.1) is 33.4 Å². The number of Topliss-reactive ketones (excluding diaryl/α,β-unsaturated/α-hetero) is 1. The number of halogens is 2. The number of aromatic nitrogens is 1. The second-order valence-electron chi connectivity index (χ2n) is 4.61. The number of hydrazone groups is 1. The summed E-state index contributed by atoms with van der Waals surface area (Å²) in [6.07, 6.45) is 1.57. The van der Waals surface area contributed by atoms with Crippen LogP contribution in [-0.4, -0.2) is 23.6 Å². The minimum Gasteiger partial charge on any atom is -0.491 e. The van der Waals surface area contributed by atoms with Crippen molar-refractivity contribution in [2.45, 2.75) is 20.8 Å². The molecule has 0 saturated carbocycles. The molecule has 0 bridgehead atoms. The van der Waals surface area contributed by atoms with Gasteiger partial charge in [-0.3, -0.25) is 10.2 Å². The highest BCUT2D eigenvalue weighted by Gasteiger charge is 2.11. The van der Waals surface area contributed by atoms with Gasteiger partial charge in [0.25, 0.3) is 0 Å². The van der Waals surface area contributed by atoms with E-state index in [1.54, 1.807) is 25.3 Å². The molecule has 1 N–H and O–H groups in total. The molecule has 0 fully saturated rings. The first kappa shape index (κ1) is 17.7. The van der Waals surface area contributed by atoms with E-state index < -0.39 is 0 Å². The fraction of sp³-hybridized carbons (Fsp3) is 0.267. The van der Waals surface area contributed by atoms with Crippen molar-refractivity contribution < 1.29 is 9.53 Å². The van der Waals surface area contributed by atoms with Crippen molar-refractivity contribution in [1.82, 2.24) is 4.98 Å². The lowest BCUT2D eigenvalue weighted by Crippen LogP contribution is -1.95. The van der Waals surface area contributed by atoms with Crippen molar-refractivity contribution >= 4 is 51.7 Å². The molecule has 8 heteroatoms. The first-order chi connectivity index (χ1) is 10.9. The molecule has 0 atom stereocenters. The number of carbonyl (C=O) groups excluding carboxylic acids is 1. The Morgan fingerprint density at radius 3 is 2.61 bits per heavy atom. The molecule has 1 aromatic heterocycles. The molecule has 0 aliphatic rings. The van der Waals surface area contributed by atoms with Crippen molar-refractivity contribution in [3.05, 3.63) is 38.3 Å². The number of carbonyl (C=O) groups is 1. The van der Waals surface area contributed by atoms with E-state index in [1.807, 2.05) is 6.92 Å². The number of nitrogens with one attached hydrogen (secondary N) is 1. The molecule has 1 aromatic carbocycles.